The molecule has 0 aromatic heterocycles. The van der Waals surface area contributed by atoms with Gasteiger partial charge in [-0.1, -0.05) is 24.3 Å². The number of piperazine rings is 1. The lowest BCUT2D eigenvalue weighted by molar-refractivity contribution is -0.142. The summed E-state index contributed by atoms with van der Waals surface area (Å²) in [5, 5.41) is 5.46. The minimum Gasteiger partial charge on any atom is -0.355 e. The van der Waals surface area contributed by atoms with Crippen molar-refractivity contribution < 1.29 is 18.8 Å². The molecule has 0 saturated carbocycles. The van der Waals surface area contributed by atoms with Gasteiger partial charge in [-0.15, -0.1) is 0 Å². The van der Waals surface area contributed by atoms with Crippen molar-refractivity contribution >= 4 is 17.7 Å². The molecule has 2 aromatic rings. The number of nitrogens with one attached hydrogen (secondary N) is 2. The van der Waals surface area contributed by atoms with E-state index in [1.54, 1.807) is 44.0 Å². The van der Waals surface area contributed by atoms with Crippen LogP contribution < -0.4 is 10.6 Å². The second-order valence-corrected chi connectivity index (χ2v) is 8.93. The Hall–Kier alpha value is -3.26. The van der Waals surface area contributed by atoms with E-state index in [-0.39, 0.29) is 36.0 Å². The molecule has 2 N–H and O–H groups in total. The molecule has 0 bridgehead atoms. The van der Waals surface area contributed by atoms with Crippen LogP contribution >= 0.6 is 0 Å². The summed E-state index contributed by atoms with van der Waals surface area (Å²) in [6, 6.07) is 13.1. The molecular formula is C25H31FN4O3. The summed E-state index contributed by atoms with van der Waals surface area (Å²) in [4.78, 5) is 41.8. The van der Waals surface area contributed by atoms with Crippen LogP contribution in [0.15, 0.2) is 48.5 Å². The average molecular weight is 455 g/mol. The quantitative estimate of drug-likeness (QED) is 0.701. The molecule has 1 aliphatic heterocycles. The maximum Gasteiger partial charge on any atom is 0.251 e. The minimum absolute atomic E-state index is 0.0641. The molecule has 3 rings (SSSR count). The van der Waals surface area contributed by atoms with E-state index >= 15 is 0 Å². The molecule has 3 amide bonds. The monoisotopic (exact) mass is 454 g/mol. The van der Waals surface area contributed by atoms with Crippen molar-refractivity contribution in [1.82, 2.24) is 20.4 Å². The lowest BCUT2D eigenvalue weighted by atomic mass is 9.97. The fourth-order valence-electron chi connectivity index (χ4n) is 4.08. The first-order chi connectivity index (χ1) is 15.6. The highest BCUT2D eigenvalue weighted by atomic mass is 19.1. The SMILES string of the molecule is CNC(=O)c1cccc(C2CN(C(=O)C(C)(C)NC(=O)Cc3ccc(F)cc3)CCN2C)c1. The molecule has 1 saturated heterocycles. The molecule has 8 heteroatoms. The van der Waals surface area contributed by atoms with Gasteiger partial charge >= 0.3 is 0 Å². The van der Waals surface area contributed by atoms with Crippen LogP contribution in [0.25, 0.3) is 0 Å². The first-order valence-corrected chi connectivity index (χ1v) is 11.0. The largest absolute Gasteiger partial charge is 0.355 e. The number of likely N-dealkylation sites (N-methyl/N-ethyl adjacent to an activating group) is 1. The second-order valence-electron chi connectivity index (χ2n) is 8.93. The van der Waals surface area contributed by atoms with Gasteiger partial charge in [-0.05, 0) is 56.3 Å². The van der Waals surface area contributed by atoms with Gasteiger partial charge < -0.3 is 15.5 Å². The van der Waals surface area contributed by atoms with Crippen LogP contribution in [0.5, 0.6) is 0 Å². The van der Waals surface area contributed by atoms with E-state index in [0.29, 0.717) is 30.8 Å². The second kappa shape index (κ2) is 10.1. The lowest BCUT2D eigenvalue weighted by Crippen LogP contribution is -2.60. The van der Waals surface area contributed by atoms with Crippen molar-refractivity contribution in [2.75, 3.05) is 33.7 Å². The summed E-state index contributed by atoms with van der Waals surface area (Å²) >= 11 is 0. The van der Waals surface area contributed by atoms with E-state index < -0.39 is 5.54 Å². The van der Waals surface area contributed by atoms with Crippen LogP contribution in [0.2, 0.25) is 0 Å². The van der Waals surface area contributed by atoms with Gasteiger partial charge in [-0.3, -0.25) is 19.3 Å². The Morgan fingerprint density at radius 1 is 1.09 bits per heavy atom. The van der Waals surface area contributed by atoms with Crippen molar-refractivity contribution in [3.05, 3.63) is 71.0 Å². The molecule has 176 valence electrons. The number of hydrogen-bond acceptors (Lipinski definition) is 4. The first-order valence-electron chi connectivity index (χ1n) is 11.0. The molecule has 0 radical (unpaired) electrons. The lowest BCUT2D eigenvalue weighted by Gasteiger charge is -2.42. The molecule has 33 heavy (non-hydrogen) atoms. The van der Waals surface area contributed by atoms with Crippen LogP contribution in [0.4, 0.5) is 4.39 Å². The van der Waals surface area contributed by atoms with Gasteiger partial charge in [0.15, 0.2) is 0 Å². The van der Waals surface area contributed by atoms with Gasteiger partial charge in [0.2, 0.25) is 11.8 Å². The van der Waals surface area contributed by atoms with Gasteiger partial charge in [0.05, 0.1) is 12.5 Å². The summed E-state index contributed by atoms with van der Waals surface area (Å²) in [7, 11) is 3.59. The van der Waals surface area contributed by atoms with E-state index in [1.165, 1.54) is 12.1 Å². The average Bonchev–Trinajstić information content (AvgIpc) is 2.79. The van der Waals surface area contributed by atoms with E-state index in [0.717, 1.165) is 5.56 Å². The molecule has 2 aromatic carbocycles. The number of nitrogens with zero attached hydrogens (tertiary/aromatic N) is 2. The predicted octanol–water partition coefficient (Wildman–Crippen LogP) is 2.14. The fraction of sp³-hybridized carbons (Fsp3) is 0.400. The minimum atomic E-state index is -1.10. The van der Waals surface area contributed by atoms with Crippen molar-refractivity contribution in [1.29, 1.82) is 0 Å². The number of hydrogen-bond donors (Lipinski definition) is 2. The summed E-state index contributed by atoms with van der Waals surface area (Å²) in [5.41, 5.74) is 1.10. The maximum absolute atomic E-state index is 13.3. The van der Waals surface area contributed by atoms with E-state index in [4.69, 9.17) is 0 Å². The number of benzene rings is 2. The Labute approximate surface area is 193 Å². The third kappa shape index (κ3) is 5.96. The zero-order chi connectivity index (χ0) is 24.2. The van der Waals surface area contributed by atoms with Gasteiger partial charge in [0.25, 0.3) is 5.91 Å². The molecule has 1 atom stereocenters. The van der Waals surface area contributed by atoms with Crippen molar-refractivity contribution in [3.63, 3.8) is 0 Å². The summed E-state index contributed by atoms with van der Waals surface area (Å²) in [5.74, 6) is -0.993. The third-order valence-corrected chi connectivity index (χ3v) is 5.96. The molecule has 0 aliphatic carbocycles. The van der Waals surface area contributed by atoms with E-state index in [1.807, 2.05) is 25.2 Å². The van der Waals surface area contributed by atoms with E-state index in [9.17, 15) is 18.8 Å². The zero-order valence-corrected chi connectivity index (χ0v) is 19.5. The summed E-state index contributed by atoms with van der Waals surface area (Å²) in [6.07, 6.45) is 0.0641. The molecule has 0 spiro atoms. The highest BCUT2D eigenvalue weighted by Gasteiger charge is 2.37. The number of halogens is 1. The van der Waals surface area contributed by atoms with E-state index in [2.05, 4.69) is 15.5 Å². The van der Waals surface area contributed by atoms with Crippen LogP contribution in [-0.2, 0) is 16.0 Å². The Balaban J connectivity index is 1.69. The van der Waals surface area contributed by atoms with Crippen LogP contribution in [0.3, 0.4) is 0 Å². The Morgan fingerprint density at radius 2 is 1.79 bits per heavy atom. The fourth-order valence-corrected chi connectivity index (χ4v) is 4.08. The van der Waals surface area contributed by atoms with Crippen molar-refractivity contribution in [2.45, 2.75) is 31.8 Å². The number of rotatable bonds is 6. The highest BCUT2D eigenvalue weighted by Crippen LogP contribution is 2.26. The topological polar surface area (TPSA) is 81.8 Å². The zero-order valence-electron chi connectivity index (χ0n) is 19.5. The molecule has 1 heterocycles. The molecule has 1 aliphatic rings. The standard InChI is InChI=1S/C25H31FN4O3/c1-25(2,28-22(31)14-17-8-10-20(26)11-9-17)24(33)30-13-12-29(4)21(16-30)18-6-5-7-19(15-18)23(32)27-3/h5-11,15,21H,12-14,16H2,1-4H3,(H,27,32)(H,28,31). The van der Waals surface area contributed by atoms with Crippen molar-refractivity contribution in [3.8, 4) is 0 Å². The first kappa shape index (κ1) is 24.4. The molecule has 7 nitrogen and oxygen atoms in total. The normalized spacial score (nSPS) is 16.9. The Morgan fingerprint density at radius 3 is 2.45 bits per heavy atom. The van der Waals surface area contributed by atoms with Crippen LogP contribution in [-0.4, -0.2) is 66.8 Å². The van der Waals surface area contributed by atoms with Gasteiger partial charge in [0, 0.05) is 32.2 Å². The van der Waals surface area contributed by atoms with Gasteiger partial charge in [-0.2, -0.15) is 0 Å². The number of carbonyl (C=O) groups is 3. The molecule has 1 fully saturated rings. The summed E-state index contributed by atoms with van der Waals surface area (Å²) in [6.45, 7) is 5.04. The Bertz CT molecular complexity index is 1020. The van der Waals surface area contributed by atoms with Crippen molar-refractivity contribution in [2.24, 2.45) is 0 Å². The third-order valence-electron chi connectivity index (χ3n) is 5.96. The Kier molecular flexibility index (Phi) is 7.48. The molecular weight excluding hydrogens is 423 g/mol. The highest BCUT2D eigenvalue weighted by molar-refractivity contribution is 5.94. The smallest absolute Gasteiger partial charge is 0.251 e. The van der Waals surface area contributed by atoms with Crippen LogP contribution in [0.1, 0.15) is 41.4 Å². The van der Waals surface area contributed by atoms with Crippen LogP contribution in [0, 0.1) is 5.82 Å². The number of amides is 3. The predicted molar refractivity (Wildman–Crippen MR) is 124 cm³/mol. The maximum atomic E-state index is 13.3. The van der Waals surface area contributed by atoms with Gasteiger partial charge in [-0.25, -0.2) is 4.39 Å². The van der Waals surface area contributed by atoms with Gasteiger partial charge in [0.1, 0.15) is 11.4 Å². The summed E-state index contributed by atoms with van der Waals surface area (Å²) < 4.78 is 13.1. The molecule has 1 unspecified atom stereocenters. The number of carbonyl (C=O) groups excluding carboxylic acids is 3.